The van der Waals surface area contributed by atoms with E-state index in [-0.39, 0.29) is 40.1 Å². The summed E-state index contributed by atoms with van der Waals surface area (Å²) in [5, 5.41) is 2.53. The van der Waals surface area contributed by atoms with Crippen molar-refractivity contribution in [1.82, 2.24) is 0 Å². The van der Waals surface area contributed by atoms with Gasteiger partial charge in [-0.25, -0.2) is 0 Å². The molecule has 0 fully saturated rings. The number of ether oxygens (including phenoxy) is 1. The van der Waals surface area contributed by atoms with Gasteiger partial charge in [-0.05, 0) is 35.1 Å². The van der Waals surface area contributed by atoms with E-state index in [0.717, 1.165) is 11.5 Å². The molecule has 0 bridgehead atoms. The van der Waals surface area contributed by atoms with Crippen molar-refractivity contribution < 1.29 is 37.4 Å². The maximum absolute atomic E-state index is 5.72. The molecule has 0 radical (unpaired) electrons. The van der Waals surface area contributed by atoms with Crippen molar-refractivity contribution >= 4 is 22.5 Å². The Morgan fingerprint density at radius 2 is 1.89 bits per heavy atom. The van der Waals surface area contributed by atoms with Crippen LogP contribution in [-0.2, 0) is 32.7 Å². The molecule has 0 unspecified atom stereocenters. The average molecular weight is 335 g/mol. The Kier molecular flexibility index (Phi) is 8.93. The van der Waals surface area contributed by atoms with E-state index in [9.17, 15) is 0 Å². The van der Waals surface area contributed by atoms with Gasteiger partial charge in [-0.3, -0.25) is 6.26 Å². The molecule has 0 aliphatic rings. The summed E-state index contributed by atoms with van der Waals surface area (Å²) in [6.45, 7) is 2.82. The molecule has 18 heavy (non-hydrogen) atoms. The maximum atomic E-state index is 5.72. The van der Waals surface area contributed by atoms with E-state index in [1.165, 1.54) is 16.3 Å². The molecule has 0 N–H and O–H groups in total. The fourth-order valence-corrected chi connectivity index (χ4v) is 1.98. The van der Waals surface area contributed by atoms with Gasteiger partial charge in [0.1, 0.15) is 5.75 Å². The monoisotopic (exact) mass is 335 g/mol. The van der Waals surface area contributed by atoms with Crippen molar-refractivity contribution in [3.63, 3.8) is 0 Å². The smallest absolute Gasteiger partial charge is 0.493 e. The number of aryl methyl sites for hydroxylation is 1. The Morgan fingerprint density at radius 1 is 1.17 bits per heavy atom. The Morgan fingerprint density at radius 3 is 2.61 bits per heavy atom. The first kappa shape index (κ1) is 18.0. The van der Waals surface area contributed by atoms with Crippen LogP contribution in [0.15, 0.2) is 36.4 Å². The molecular formula is C15H18OSY+. The van der Waals surface area contributed by atoms with Crippen LogP contribution in [0.2, 0.25) is 0 Å². The molecule has 0 aliphatic heterocycles. The molecule has 0 heterocycles. The molecule has 0 aliphatic carbocycles. The molecule has 2 aromatic carbocycles. The van der Waals surface area contributed by atoms with Crippen LogP contribution in [0.3, 0.4) is 0 Å². The molecule has 0 amide bonds. The van der Waals surface area contributed by atoms with Gasteiger partial charge in [0.15, 0.2) is 0 Å². The van der Waals surface area contributed by atoms with Gasteiger partial charge in [-0.15, -0.1) is 0 Å². The fourth-order valence-electron chi connectivity index (χ4n) is 1.77. The first-order chi connectivity index (χ1) is 7.83. The van der Waals surface area contributed by atoms with Crippen LogP contribution in [0.4, 0.5) is 0 Å². The quantitative estimate of drug-likeness (QED) is 0.601. The normalized spacial score (nSPS) is 9.44. The Balaban J connectivity index is 0.00000144. The second kappa shape index (κ2) is 8.95. The summed E-state index contributed by atoms with van der Waals surface area (Å²) < 4.78 is 5.72. The van der Waals surface area contributed by atoms with E-state index in [1.807, 2.05) is 6.07 Å². The van der Waals surface area contributed by atoms with Gasteiger partial charge in [0.2, 0.25) is 0 Å². The van der Waals surface area contributed by atoms with Gasteiger partial charge in [0, 0.05) is 0 Å². The van der Waals surface area contributed by atoms with E-state index in [4.69, 9.17) is 4.74 Å². The Hall–Kier alpha value is -0.0461. The predicted molar refractivity (Wildman–Crippen MR) is 78.4 cm³/mol. The van der Waals surface area contributed by atoms with Crippen molar-refractivity contribution in [3.05, 3.63) is 55.6 Å². The number of fused-ring (bicyclic) bond motifs is 1. The van der Waals surface area contributed by atoms with Gasteiger partial charge >= 0.3 is 32.7 Å². The molecule has 0 saturated carbocycles. The first-order valence-electron chi connectivity index (χ1n) is 5.31. The summed E-state index contributed by atoms with van der Waals surface area (Å²) in [4.78, 5) is 0. The topological polar surface area (TPSA) is 9.23 Å². The largest absolute Gasteiger partial charge is 3.00 e. The van der Waals surface area contributed by atoms with Gasteiger partial charge in [-0.2, -0.15) is 0 Å². The maximum Gasteiger partial charge on any atom is 3.00 e. The van der Waals surface area contributed by atoms with Crippen LogP contribution in [0.1, 0.15) is 5.56 Å². The minimum atomic E-state index is 0. The van der Waals surface area contributed by atoms with Gasteiger partial charge in [-0.1, -0.05) is 30.3 Å². The summed E-state index contributed by atoms with van der Waals surface area (Å²) in [5.74, 6) is 1.90. The van der Waals surface area contributed by atoms with Crippen LogP contribution in [0, 0.1) is 20.6 Å². The summed E-state index contributed by atoms with van der Waals surface area (Å²) in [5.41, 5.74) is 1.21. The number of benzene rings is 2. The van der Waals surface area contributed by atoms with Gasteiger partial charge in [0.25, 0.3) is 0 Å². The summed E-state index contributed by atoms with van der Waals surface area (Å²) in [6.07, 6.45) is 3.73. The van der Waals surface area contributed by atoms with Crippen molar-refractivity contribution in [1.29, 1.82) is 0 Å². The third kappa shape index (κ3) is 4.26. The van der Waals surface area contributed by atoms with Crippen LogP contribution >= 0.6 is 11.8 Å². The van der Waals surface area contributed by atoms with Crippen molar-refractivity contribution in [2.75, 3.05) is 12.4 Å². The molecule has 3 heteroatoms. The zero-order chi connectivity index (χ0) is 11.4. The molecule has 1 nitrogen and oxygen atoms in total. The number of rotatable bonds is 4. The summed E-state index contributed by atoms with van der Waals surface area (Å²) in [7, 11) is 0. The first-order valence-corrected chi connectivity index (χ1v) is 6.46. The van der Waals surface area contributed by atoms with Crippen LogP contribution in [0.5, 0.6) is 5.75 Å². The van der Waals surface area contributed by atoms with E-state index in [0.29, 0.717) is 6.61 Å². The van der Waals surface area contributed by atoms with Crippen molar-refractivity contribution in [3.8, 4) is 5.75 Å². The number of hydrogen-bond acceptors (Lipinski definition) is 2. The van der Waals surface area contributed by atoms with E-state index >= 15 is 0 Å². The van der Waals surface area contributed by atoms with E-state index < -0.39 is 0 Å². The van der Waals surface area contributed by atoms with Crippen LogP contribution in [0.25, 0.3) is 10.8 Å². The molecule has 2 rings (SSSR count). The molecular weight excluding hydrogens is 317 g/mol. The minimum absolute atomic E-state index is 0. The second-order valence-electron chi connectivity index (χ2n) is 3.67. The third-order valence-corrected chi connectivity index (χ3v) is 3.09. The van der Waals surface area contributed by atoms with Gasteiger partial charge < -0.3 is 23.9 Å². The zero-order valence-electron chi connectivity index (χ0n) is 11.0. The van der Waals surface area contributed by atoms with Crippen molar-refractivity contribution in [2.24, 2.45) is 0 Å². The molecule has 92 valence electrons. The van der Waals surface area contributed by atoms with Gasteiger partial charge in [0.05, 0.1) is 6.61 Å². The Labute approximate surface area is 140 Å². The molecule has 0 spiro atoms. The molecule has 0 aromatic heterocycles. The van der Waals surface area contributed by atoms with Crippen LogP contribution < -0.4 is 4.74 Å². The number of thioether (sulfide) groups is 1. The predicted octanol–water partition coefficient (Wildman–Crippen LogP) is 4.50. The standard InChI is InChI=1S/C14H15OS.CH3.Y/c1-11-13-6-4-3-5-12(13)7-8-14(11)15-9-10-16-2;;/h3-8H,2,9-10H2,1H3;1H3;/q2*-1;+3. The van der Waals surface area contributed by atoms with Crippen LogP contribution in [-0.4, -0.2) is 12.4 Å². The summed E-state index contributed by atoms with van der Waals surface area (Å²) in [6, 6.07) is 12.5. The number of hydrogen-bond donors (Lipinski definition) is 0. The average Bonchev–Trinajstić information content (AvgIpc) is 2.33. The zero-order valence-corrected chi connectivity index (χ0v) is 14.6. The Bertz CT molecular complexity index is 485. The molecule has 2 aromatic rings. The van der Waals surface area contributed by atoms with Crippen molar-refractivity contribution in [2.45, 2.75) is 6.92 Å². The summed E-state index contributed by atoms with van der Waals surface area (Å²) >= 11 is 1.56. The SMILES string of the molecule is [CH2-]SCCOc1ccc2ccccc2c1C.[CH3-].[Y+3]. The van der Waals surface area contributed by atoms with E-state index in [2.05, 4.69) is 43.5 Å². The minimum Gasteiger partial charge on any atom is -0.493 e. The fraction of sp³-hybridized carbons (Fsp3) is 0.200. The third-order valence-electron chi connectivity index (χ3n) is 2.63. The molecule has 0 atom stereocenters. The second-order valence-corrected chi connectivity index (χ2v) is 4.48. The van der Waals surface area contributed by atoms with E-state index in [1.54, 1.807) is 11.8 Å². The molecule has 0 saturated heterocycles.